The van der Waals surface area contributed by atoms with Crippen molar-refractivity contribution in [1.82, 2.24) is 10.2 Å². The number of likely N-dealkylation sites (tertiary alicyclic amines) is 1. The van der Waals surface area contributed by atoms with Crippen LogP contribution in [0.1, 0.15) is 29.0 Å². The lowest BCUT2D eigenvalue weighted by Crippen LogP contribution is -2.32. The maximum absolute atomic E-state index is 12.4. The first-order valence-electron chi connectivity index (χ1n) is 6.80. The van der Waals surface area contributed by atoms with Gasteiger partial charge in [0.15, 0.2) is 5.76 Å². The monoisotopic (exact) mass is 248 g/mol. The van der Waals surface area contributed by atoms with Crippen molar-refractivity contribution in [2.45, 2.75) is 19.8 Å². The van der Waals surface area contributed by atoms with Gasteiger partial charge in [0.2, 0.25) is 0 Å². The second kappa shape index (κ2) is 4.76. The van der Waals surface area contributed by atoms with Gasteiger partial charge < -0.3 is 14.6 Å². The molecule has 1 amide bonds. The highest BCUT2D eigenvalue weighted by molar-refractivity contribution is 5.92. The van der Waals surface area contributed by atoms with E-state index >= 15 is 0 Å². The lowest BCUT2D eigenvalue weighted by atomic mass is 9.92. The zero-order valence-electron chi connectivity index (χ0n) is 10.8. The van der Waals surface area contributed by atoms with Gasteiger partial charge in [-0.1, -0.05) is 0 Å². The number of rotatable bonds is 1. The molecule has 0 unspecified atom stereocenters. The van der Waals surface area contributed by atoms with Gasteiger partial charge in [-0.25, -0.2) is 0 Å². The van der Waals surface area contributed by atoms with Crippen LogP contribution in [-0.4, -0.2) is 37.0 Å². The molecule has 1 aromatic rings. The van der Waals surface area contributed by atoms with Gasteiger partial charge >= 0.3 is 0 Å². The summed E-state index contributed by atoms with van der Waals surface area (Å²) < 4.78 is 5.31. The van der Waals surface area contributed by atoms with Crippen LogP contribution in [0.4, 0.5) is 0 Å². The lowest BCUT2D eigenvalue weighted by Gasteiger charge is -2.19. The molecule has 0 radical (unpaired) electrons. The second-order valence-corrected chi connectivity index (χ2v) is 5.48. The molecule has 3 heterocycles. The Morgan fingerprint density at radius 1 is 1.33 bits per heavy atom. The van der Waals surface area contributed by atoms with E-state index in [4.69, 9.17) is 4.42 Å². The van der Waals surface area contributed by atoms with Crippen molar-refractivity contribution < 1.29 is 9.21 Å². The van der Waals surface area contributed by atoms with Crippen LogP contribution < -0.4 is 5.32 Å². The van der Waals surface area contributed by atoms with E-state index in [0.29, 0.717) is 5.76 Å². The number of nitrogens with one attached hydrogen (secondary N) is 1. The summed E-state index contributed by atoms with van der Waals surface area (Å²) in [5, 5.41) is 3.45. The molecule has 0 saturated carbocycles. The molecule has 98 valence electrons. The van der Waals surface area contributed by atoms with E-state index < -0.39 is 0 Å². The summed E-state index contributed by atoms with van der Waals surface area (Å²) in [6.45, 7) is 5.88. The van der Waals surface area contributed by atoms with E-state index in [9.17, 15) is 4.79 Å². The van der Waals surface area contributed by atoms with Crippen LogP contribution in [0.5, 0.6) is 0 Å². The molecule has 1 aromatic heterocycles. The van der Waals surface area contributed by atoms with Crippen LogP contribution in [0.25, 0.3) is 0 Å². The molecule has 0 aromatic carbocycles. The summed E-state index contributed by atoms with van der Waals surface area (Å²) in [7, 11) is 0. The molecule has 2 aliphatic heterocycles. The first-order valence-corrected chi connectivity index (χ1v) is 6.80. The number of fused-ring (bicyclic) bond motifs is 1. The van der Waals surface area contributed by atoms with E-state index in [0.717, 1.165) is 56.4 Å². The number of carbonyl (C=O) groups excluding carboxylic acids is 1. The van der Waals surface area contributed by atoms with Gasteiger partial charge in [0.1, 0.15) is 0 Å². The maximum atomic E-state index is 12.4. The third-order valence-corrected chi connectivity index (χ3v) is 4.36. The Labute approximate surface area is 107 Å². The minimum Gasteiger partial charge on any atom is -0.459 e. The van der Waals surface area contributed by atoms with Crippen LogP contribution in [0, 0.1) is 18.8 Å². The number of nitrogens with zero attached hydrogens (tertiary/aromatic N) is 1. The van der Waals surface area contributed by atoms with E-state index in [2.05, 4.69) is 5.32 Å². The SMILES string of the molecule is Cc1ccoc1C(=O)N1CC[C@@H]2CNC[C@@H]2CC1. The quantitative estimate of drug-likeness (QED) is 0.822. The molecule has 0 bridgehead atoms. The van der Waals surface area contributed by atoms with Gasteiger partial charge in [-0.2, -0.15) is 0 Å². The molecule has 4 heteroatoms. The average Bonchev–Trinajstić information content (AvgIpc) is 2.94. The largest absolute Gasteiger partial charge is 0.459 e. The Bertz CT molecular complexity index is 427. The van der Waals surface area contributed by atoms with E-state index in [1.807, 2.05) is 17.9 Å². The fourth-order valence-corrected chi connectivity index (χ4v) is 3.16. The first-order chi connectivity index (χ1) is 8.75. The molecule has 1 N–H and O–H groups in total. The van der Waals surface area contributed by atoms with Gasteiger partial charge in [-0.15, -0.1) is 0 Å². The van der Waals surface area contributed by atoms with Crippen LogP contribution in [0.15, 0.2) is 16.7 Å². The highest BCUT2D eigenvalue weighted by atomic mass is 16.3. The average molecular weight is 248 g/mol. The molecule has 2 fully saturated rings. The number of amides is 1. The molecule has 0 aliphatic carbocycles. The Kier molecular flexibility index (Phi) is 3.12. The zero-order valence-corrected chi connectivity index (χ0v) is 10.8. The summed E-state index contributed by atoms with van der Waals surface area (Å²) in [5.41, 5.74) is 0.936. The minimum absolute atomic E-state index is 0.0606. The fraction of sp³-hybridized carbons (Fsp3) is 0.643. The van der Waals surface area contributed by atoms with Gasteiger partial charge in [0.25, 0.3) is 5.91 Å². The molecule has 2 saturated heterocycles. The third kappa shape index (κ3) is 2.05. The van der Waals surface area contributed by atoms with Crippen molar-refractivity contribution in [3.63, 3.8) is 0 Å². The summed E-state index contributed by atoms with van der Waals surface area (Å²) in [6, 6.07) is 1.85. The van der Waals surface area contributed by atoms with E-state index in [1.165, 1.54) is 0 Å². The number of hydrogen-bond donors (Lipinski definition) is 1. The Morgan fingerprint density at radius 3 is 2.56 bits per heavy atom. The minimum atomic E-state index is 0.0606. The Balaban J connectivity index is 1.70. The molecular formula is C14H20N2O2. The topological polar surface area (TPSA) is 45.5 Å². The molecule has 3 rings (SSSR count). The maximum Gasteiger partial charge on any atom is 0.289 e. The summed E-state index contributed by atoms with van der Waals surface area (Å²) >= 11 is 0. The van der Waals surface area contributed by atoms with Gasteiger partial charge in [0.05, 0.1) is 6.26 Å². The number of hydrogen-bond acceptors (Lipinski definition) is 3. The number of carbonyl (C=O) groups is 1. The number of furan rings is 1. The highest BCUT2D eigenvalue weighted by Crippen LogP contribution is 2.28. The van der Waals surface area contributed by atoms with Crippen LogP contribution >= 0.6 is 0 Å². The summed E-state index contributed by atoms with van der Waals surface area (Å²) in [4.78, 5) is 14.3. The highest BCUT2D eigenvalue weighted by Gasteiger charge is 2.32. The van der Waals surface area contributed by atoms with Crippen molar-refractivity contribution in [3.8, 4) is 0 Å². The molecular weight excluding hydrogens is 228 g/mol. The van der Waals surface area contributed by atoms with Crippen LogP contribution in [0.3, 0.4) is 0 Å². The van der Waals surface area contributed by atoms with Crippen molar-refractivity contribution in [2.24, 2.45) is 11.8 Å². The van der Waals surface area contributed by atoms with E-state index in [-0.39, 0.29) is 5.91 Å². The smallest absolute Gasteiger partial charge is 0.289 e. The van der Waals surface area contributed by atoms with Crippen LogP contribution in [0.2, 0.25) is 0 Å². The molecule has 2 aliphatic rings. The zero-order chi connectivity index (χ0) is 12.5. The first kappa shape index (κ1) is 11.8. The summed E-state index contributed by atoms with van der Waals surface area (Å²) in [6.07, 6.45) is 3.82. The Morgan fingerprint density at radius 2 is 2.00 bits per heavy atom. The molecule has 0 spiro atoms. The van der Waals surface area contributed by atoms with Crippen LogP contribution in [-0.2, 0) is 0 Å². The predicted molar refractivity (Wildman–Crippen MR) is 68.4 cm³/mol. The molecule has 2 atom stereocenters. The van der Waals surface area contributed by atoms with Crippen molar-refractivity contribution in [3.05, 3.63) is 23.7 Å². The van der Waals surface area contributed by atoms with E-state index in [1.54, 1.807) is 6.26 Å². The second-order valence-electron chi connectivity index (χ2n) is 5.48. The molecule has 4 nitrogen and oxygen atoms in total. The normalized spacial score (nSPS) is 27.9. The van der Waals surface area contributed by atoms with Crippen molar-refractivity contribution in [2.75, 3.05) is 26.2 Å². The summed E-state index contributed by atoms with van der Waals surface area (Å²) in [5.74, 6) is 2.08. The Hall–Kier alpha value is -1.29. The standard InChI is InChI=1S/C14H20N2O2/c1-10-4-7-18-13(10)14(17)16-5-2-11-8-15-9-12(11)3-6-16/h4,7,11-12,15H,2-3,5-6,8-9H2,1H3/t11-,12+. The predicted octanol–water partition coefficient (Wildman–Crippen LogP) is 1.66. The number of aryl methyl sites for hydroxylation is 1. The van der Waals surface area contributed by atoms with Gasteiger partial charge in [-0.05, 0) is 50.8 Å². The lowest BCUT2D eigenvalue weighted by molar-refractivity contribution is 0.0725. The molecule has 18 heavy (non-hydrogen) atoms. The van der Waals surface area contributed by atoms with Gasteiger partial charge in [-0.3, -0.25) is 4.79 Å². The third-order valence-electron chi connectivity index (χ3n) is 4.36. The van der Waals surface area contributed by atoms with Crippen molar-refractivity contribution in [1.29, 1.82) is 0 Å². The fourth-order valence-electron chi connectivity index (χ4n) is 3.16. The van der Waals surface area contributed by atoms with Crippen molar-refractivity contribution >= 4 is 5.91 Å². The van der Waals surface area contributed by atoms with Gasteiger partial charge in [0, 0.05) is 18.7 Å².